The van der Waals surface area contributed by atoms with Crippen molar-refractivity contribution in [2.24, 2.45) is 0 Å². The summed E-state index contributed by atoms with van der Waals surface area (Å²) in [5.74, 6) is 1.28. The molecule has 0 radical (unpaired) electrons. The maximum atomic E-state index is 12.3. The summed E-state index contributed by atoms with van der Waals surface area (Å²) in [4.78, 5) is 21.1. The highest BCUT2D eigenvalue weighted by atomic mass is 32.1. The van der Waals surface area contributed by atoms with Crippen LogP contribution in [-0.4, -0.2) is 22.7 Å². The molecule has 4 rings (SSSR count). The molecular formula is C19H17N3O3S. The molecule has 3 aromatic rings. The van der Waals surface area contributed by atoms with E-state index in [1.807, 2.05) is 29.6 Å². The molecule has 2 aromatic heterocycles. The molecule has 1 aliphatic rings. The first-order valence-electron chi connectivity index (χ1n) is 8.30. The van der Waals surface area contributed by atoms with Gasteiger partial charge in [0.2, 0.25) is 6.79 Å². The summed E-state index contributed by atoms with van der Waals surface area (Å²) < 4.78 is 10.7. The molecule has 0 bridgehead atoms. The van der Waals surface area contributed by atoms with Crippen LogP contribution in [0, 0.1) is 0 Å². The number of carbonyl (C=O) groups excluding carboxylic acids is 1. The van der Waals surface area contributed by atoms with Crippen LogP contribution in [0.3, 0.4) is 0 Å². The predicted octanol–water partition coefficient (Wildman–Crippen LogP) is 3.43. The van der Waals surface area contributed by atoms with Gasteiger partial charge in [0.05, 0.1) is 23.5 Å². The molecule has 1 N–H and O–H groups in total. The summed E-state index contributed by atoms with van der Waals surface area (Å²) in [5.41, 5.74) is 3.25. The Morgan fingerprint density at radius 1 is 1.23 bits per heavy atom. The molecule has 132 valence electrons. The molecule has 1 aromatic carbocycles. The zero-order valence-corrected chi connectivity index (χ0v) is 15.0. The second kappa shape index (κ2) is 7.13. The number of aromatic nitrogens is 2. The first-order chi connectivity index (χ1) is 12.7. The molecule has 0 saturated carbocycles. The number of aryl methyl sites for hydroxylation is 1. The van der Waals surface area contributed by atoms with Crippen molar-refractivity contribution in [2.45, 2.75) is 19.9 Å². The van der Waals surface area contributed by atoms with Gasteiger partial charge in [0.25, 0.3) is 5.91 Å². The van der Waals surface area contributed by atoms with Crippen molar-refractivity contribution in [3.05, 3.63) is 58.2 Å². The Morgan fingerprint density at radius 2 is 2.12 bits per heavy atom. The van der Waals surface area contributed by atoms with Crippen LogP contribution in [-0.2, 0) is 13.0 Å². The van der Waals surface area contributed by atoms with Gasteiger partial charge in [-0.25, -0.2) is 4.98 Å². The van der Waals surface area contributed by atoms with E-state index in [9.17, 15) is 4.79 Å². The Morgan fingerprint density at radius 3 is 2.88 bits per heavy atom. The normalized spacial score (nSPS) is 12.2. The number of nitrogens with zero attached hydrogens (tertiary/aromatic N) is 2. The predicted molar refractivity (Wildman–Crippen MR) is 98.5 cm³/mol. The maximum absolute atomic E-state index is 12.3. The van der Waals surface area contributed by atoms with E-state index in [1.54, 1.807) is 23.6 Å². The smallest absolute Gasteiger partial charge is 0.253 e. The van der Waals surface area contributed by atoms with Crippen LogP contribution < -0.4 is 14.8 Å². The average molecular weight is 367 g/mol. The van der Waals surface area contributed by atoms with Crippen molar-refractivity contribution in [2.75, 3.05) is 6.79 Å². The van der Waals surface area contributed by atoms with Crippen LogP contribution in [0.1, 0.15) is 28.0 Å². The average Bonchev–Trinajstić information content (AvgIpc) is 3.34. The second-order valence-electron chi connectivity index (χ2n) is 5.77. The Hall–Kier alpha value is -2.93. The lowest BCUT2D eigenvalue weighted by molar-refractivity contribution is 0.0950. The molecule has 0 saturated heterocycles. The summed E-state index contributed by atoms with van der Waals surface area (Å²) in [7, 11) is 0. The van der Waals surface area contributed by atoms with Crippen LogP contribution in [0.5, 0.6) is 11.5 Å². The van der Waals surface area contributed by atoms with Crippen molar-refractivity contribution in [3.63, 3.8) is 0 Å². The van der Waals surface area contributed by atoms with Gasteiger partial charge in [-0.2, -0.15) is 0 Å². The summed E-state index contributed by atoms with van der Waals surface area (Å²) in [6.07, 6.45) is 2.48. The number of rotatable bonds is 5. The van der Waals surface area contributed by atoms with E-state index < -0.39 is 0 Å². The molecule has 3 heterocycles. The topological polar surface area (TPSA) is 73.3 Å². The molecule has 1 amide bonds. The molecule has 0 unspecified atom stereocenters. The lowest BCUT2D eigenvalue weighted by Crippen LogP contribution is -2.22. The number of ether oxygens (including phenoxy) is 2. The molecule has 1 aliphatic heterocycles. The van der Waals surface area contributed by atoms with Gasteiger partial charge in [-0.15, -0.1) is 11.3 Å². The number of hydrogen-bond acceptors (Lipinski definition) is 6. The first-order valence-corrected chi connectivity index (χ1v) is 9.18. The minimum absolute atomic E-state index is 0.164. The number of thiazole rings is 1. The SMILES string of the molecule is CCc1csc(CNC(=O)c2ccc(-c3ccc4c(c3)OCO4)nc2)n1. The van der Waals surface area contributed by atoms with E-state index in [1.165, 1.54) is 0 Å². The third-order valence-electron chi connectivity index (χ3n) is 4.06. The van der Waals surface area contributed by atoms with Crippen molar-refractivity contribution in [1.82, 2.24) is 15.3 Å². The summed E-state index contributed by atoms with van der Waals surface area (Å²) in [6, 6.07) is 9.26. The van der Waals surface area contributed by atoms with E-state index in [4.69, 9.17) is 9.47 Å². The maximum Gasteiger partial charge on any atom is 0.253 e. The monoisotopic (exact) mass is 367 g/mol. The van der Waals surface area contributed by atoms with Gasteiger partial charge in [-0.3, -0.25) is 9.78 Å². The molecule has 6 nitrogen and oxygen atoms in total. The van der Waals surface area contributed by atoms with E-state index in [0.29, 0.717) is 17.9 Å². The van der Waals surface area contributed by atoms with E-state index in [0.717, 1.165) is 34.1 Å². The minimum Gasteiger partial charge on any atom is -0.454 e. The number of amides is 1. The quantitative estimate of drug-likeness (QED) is 0.748. The Bertz CT molecular complexity index is 937. The molecule has 0 spiro atoms. The fourth-order valence-electron chi connectivity index (χ4n) is 2.61. The number of pyridine rings is 1. The summed E-state index contributed by atoms with van der Waals surface area (Å²) in [6.45, 7) is 2.72. The van der Waals surface area contributed by atoms with Crippen LogP contribution in [0.2, 0.25) is 0 Å². The van der Waals surface area contributed by atoms with Gasteiger partial charge in [-0.05, 0) is 36.8 Å². The highest BCUT2D eigenvalue weighted by Crippen LogP contribution is 2.35. The molecule has 0 fully saturated rings. The Kier molecular flexibility index (Phi) is 4.53. The fourth-order valence-corrected chi connectivity index (χ4v) is 3.42. The molecule has 0 atom stereocenters. The number of nitrogens with one attached hydrogen (secondary N) is 1. The number of fused-ring (bicyclic) bond motifs is 1. The van der Waals surface area contributed by atoms with E-state index in [-0.39, 0.29) is 12.7 Å². The van der Waals surface area contributed by atoms with Gasteiger partial charge in [0.1, 0.15) is 5.01 Å². The second-order valence-corrected chi connectivity index (χ2v) is 6.71. The third kappa shape index (κ3) is 3.39. The lowest BCUT2D eigenvalue weighted by atomic mass is 10.1. The van der Waals surface area contributed by atoms with Crippen LogP contribution in [0.25, 0.3) is 11.3 Å². The van der Waals surface area contributed by atoms with E-state index in [2.05, 4.69) is 22.2 Å². The zero-order valence-electron chi connectivity index (χ0n) is 14.2. The van der Waals surface area contributed by atoms with Crippen LogP contribution in [0.4, 0.5) is 0 Å². The molecular weight excluding hydrogens is 350 g/mol. The molecule has 7 heteroatoms. The Balaban J connectivity index is 1.42. The molecule has 26 heavy (non-hydrogen) atoms. The molecule has 0 aliphatic carbocycles. The standard InChI is InChI=1S/C19H17N3O3S/c1-2-14-10-26-18(22-14)9-21-19(23)13-3-5-15(20-8-13)12-4-6-16-17(7-12)25-11-24-16/h3-8,10H,2,9,11H2,1H3,(H,21,23). The van der Waals surface area contributed by atoms with Gasteiger partial charge >= 0.3 is 0 Å². The van der Waals surface area contributed by atoms with Gasteiger partial charge in [-0.1, -0.05) is 6.92 Å². The van der Waals surface area contributed by atoms with Crippen molar-refractivity contribution >= 4 is 17.2 Å². The van der Waals surface area contributed by atoms with Crippen molar-refractivity contribution < 1.29 is 14.3 Å². The summed E-state index contributed by atoms with van der Waals surface area (Å²) >= 11 is 1.56. The highest BCUT2D eigenvalue weighted by molar-refractivity contribution is 7.09. The number of carbonyl (C=O) groups is 1. The van der Waals surface area contributed by atoms with Gasteiger partial charge in [0.15, 0.2) is 11.5 Å². The van der Waals surface area contributed by atoms with Crippen LogP contribution in [0.15, 0.2) is 41.9 Å². The largest absolute Gasteiger partial charge is 0.454 e. The minimum atomic E-state index is -0.164. The van der Waals surface area contributed by atoms with E-state index >= 15 is 0 Å². The fraction of sp³-hybridized carbons (Fsp3) is 0.211. The Labute approximate surface area is 154 Å². The van der Waals surface area contributed by atoms with Gasteiger partial charge in [0, 0.05) is 17.1 Å². The third-order valence-corrected chi connectivity index (χ3v) is 4.95. The number of hydrogen-bond donors (Lipinski definition) is 1. The van der Waals surface area contributed by atoms with Crippen LogP contribution >= 0.6 is 11.3 Å². The highest BCUT2D eigenvalue weighted by Gasteiger charge is 2.14. The van der Waals surface area contributed by atoms with Gasteiger partial charge < -0.3 is 14.8 Å². The first kappa shape index (κ1) is 16.5. The zero-order chi connectivity index (χ0) is 17.9. The number of benzene rings is 1. The summed E-state index contributed by atoms with van der Waals surface area (Å²) in [5, 5.41) is 5.80. The van der Waals surface area contributed by atoms with Crippen molar-refractivity contribution in [3.8, 4) is 22.8 Å². The van der Waals surface area contributed by atoms with Crippen molar-refractivity contribution in [1.29, 1.82) is 0 Å². The lowest BCUT2D eigenvalue weighted by Gasteiger charge is -2.05.